The molecule has 0 bridgehead atoms. The number of thioether (sulfide) groups is 1. The van der Waals surface area contributed by atoms with E-state index in [2.05, 4.69) is 4.98 Å². The molecule has 1 heterocycles. The summed E-state index contributed by atoms with van der Waals surface area (Å²) in [6, 6.07) is 0. The van der Waals surface area contributed by atoms with Gasteiger partial charge in [0.05, 0.1) is 0 Å². The van der Waals surface area contributed by atoms with Gasteiger partial charge >= 0.3 is 5.69 Å². The lowest BCUT2D eigenvalue weighted by atomic mass is 10.6. The van der Waals surface area contributed by atoms with Gasteiger partial charge in [0.1, 0.15) is 16.1 Å². The van der Waals surface area contributed by atoms with Gasteiger partial charge in [-0.1, -0.05) is 0 Å². The first kappa shape index (κ1) is 9.41. The predicted molar refractivity (Wildman–Crippen MR) is 48.2 cm³/mol. The van der Waals surface area contributed by atoms with Gasteiger partial charge < -0.3 is 5.73 Å². The second kappa shape index (κ2) is 3.37. The predicted octanol–water partition coefficient (Wildman–Crippen LogP) is -0.771. The summed E-state index contributed by atoms with van der Waals surface area (Å²) >= 11 is 0.628. The van der Waals surface area contributed by atoms with Crippen molar-refractivity contribution in [3.8, 4) is 5.40 Å². The highest BCUT2D eigenvalue weighted by molar-refractivity contribution is 8.03. The lowest BCUT2D eigenvalue weighted by Gasteiger charge is -2.01. The van der Waals surface area contributed by atoms with Crippen LogP contribution in [0.3, 0.4) is 0 Å². The van der Waals surface area contributed by atoms with Crippen molar-refractivity contribution in [1.29, 1.82) is 5.26 Å². The lowest BCUT2D eigenvalue weighted by molar-refractivity contribution is 0.754. The first-order valence-corrected chi connectivity index (χ1v) is 4.04. The first-order chi connectivity index (χ1) is 6.07. The minimum atomic E-state index is -0.593. The van der Waals surface area contributed by atoms with E-state index in [9.17, 15) is 9.59 Å². The summed E-state index contributed by atoms with van der Waals surface area (Å²) in [6.45, 7) is 0. The van der Waals surface area contributed by atoms with E-state index >= 15 is 0 Å². The fourth-order valence-corrected chi connectivity index (χ4v) is 1.24. The third kappa shape index (κ3) is 1.57. The Morgan fingerprint density at radius 3 is 2.77 bits per heavy atom. The number of aromatic nitrogens is 2. The number of aromatic amines is 1. The van der Waals surface area contributed by atoms with E-state index < -0.39 is 11.2 Å². The van der Waals surface area contributed by atoms with Crippen LogP contribution in [0.1, 0.15) is 0 Å². The molecule has 0 aromatic carbocycles. The summed E-state index contributed by atoms with van der Waals surface area (Å²) in [7, 11) is 1.31. The summed E-state index contributed by atoms with van der Waals surface area (Å²) in [6.07, 6.45) is 0. The molecule has 0 saturated heterocycles. The number of nitrogen functional groups attached to an aromatic ring is 1. The maximum atomic E-state index is 11.3. The number of hydrogen-bond donors (Lipinski definition) is 2. The Bertz CT molecular complexity index is 481. The van der Waals surface area contributed by atoms with Crippen molar-refractivity contribution in [1.82, 2.24) is 9.55 Å². The summed E-state index contributed by atoms with van der Waals surface area (Å²) in [5, 5.41) is 10.1. The number of H-pyrrole nitrogens is 1. The average molecular weight is 198 g/mol. The van der Waals surface area contributed by atoms with Crippen LogP contribution < -0.4 is 17.0 Å². The van der Waals surface area contributed by atoms with Crippen LogP contribution in [0, 0.1) is 10.7 Å². The van der Waals surface area contributed by atoms with Crippen molar-refractivity contribution in [3.05, 3.63) is 20.8 Å². The second-order valence-corrected chi connectivity index (χ2v) is 3.03. The monoisotopic (exact) mass is 198 g/mol. The Kier molecular flexibility index (Phi) is 2.44. The fraction of sp³-hybridized carbons (Fsp3) is 0.167. The zero-order valence-electron chi connectivity index (χ0n) is 6.70. The van der Waals surface area contributed by atoms with Crippen molar-refractivity contribution >= 4 is 17.6 Å². The number of hydrogen-bond acceptors (Lipinski definition) is 5. The number of nitrogens with zero attached hydrogens (tertiary/aromatic N) is 2. The average Bonchev–Trinajstić information content (AvgIpc) is 2.09. The molecule has 0 fully saturated rings. The molecule has 0 aliphatic rings. The molecule has 68 valence electrons. The van der Waals surface area contributed by atoms with Crippen LogP contribution in [0.4, 0.5) is 5.82 Å². The normalized spacial score (nSPS) is 9.54. The van der Waals surface area contributed by atoms with Crippen molar-refractivity contribution in [2.24, 2.45) is 7.05 Å². The molecule has 7 heteroatoms. The molecule has 0 aliphatic carbocycles. The van der Waals surface area contributed by atoms with Crippen LogP contribution in [0.25, 0.3) is 0 Å². The molecule has 0 amide bonds. The van der Waals surface area contributed by atoms with Crippen molar-refractivity contribution in [2.45, 2.75) is 4.90 Å². The number of anilines is 1. The molecule has 1 rings (SSSR count). The maximum absolute atomic E-state index is 11.3. The molecule has 0 saturated carbocycles. The van der Waals surface area contributed by atoms with E-state index in [4.69, 9.17) is 11.0 Å². The fourth-order valence-electron chi connectivity index (χ4n) is 0.760. The second-order valence-electron chi connectivity index (χ2n) is 2.23. The van der Waals surface area contributed by atoms with Crippen molar-refractivity contribution in [3.63, 3.8) is 0 Å². The number of rotatable bonds is 1. The summed E-state index contributed by atoms with van der Waals surface area (Å²) in [4.78, 5) is 24.5. The van der Waals surface area contributed by atoms with Crippen LogP contribution >= 0.6 is 11.8 Å². The molecule has 0 spiro atoms. The molecule has 0 unspecified atom stereocenters. The van der Waals surface area contributed by atoms with E-state index in [1.165, 1.54) is 7.05 Å². The van der Waals surface area contributed by atoms with Gasteiger partial charge in [0.2, 0.25) is 0 Å². The minimum absolute atomic E-state index is 0.0459. The molecular formula is C6H6N4O2S. The Labute approximate surface area is 77.0 Å². The standard InChI is InChI=1S/C6H6N4O2S/c1-10-5(11)3(13-2-7)4(8)9-6(10)12/h8H2,1H3,(H,9,12). The smallest absolute Gasteiger partial charge is 0.329 e. The van der Waals surface area contributed by atoms with Crippen LogP contribution in [-0.2, 0) is 7.05 Å². The van der Waals surface area contributed by atoms with Gasteiger partial charge in [-0.3, -0.25) is 14.3 Å². The zero-order chi connectivity index (χ0) is 10.0. The minimum Gasteiger partial charge on any atom is -0.384 e. The Hall–Kier alpha value is -1.68. The van der Waals surface area contributed by atoms with E-state index in [1.54, 1.807) is 5.40 Å². The largest absolute Gasteiger partial charge is 0.384 e. The van der Waals surface area contributed by atoms with Crippen LogP contribution in [0.2, 0.25) is 0 Å². The molecule has 0 radical (unpaired) electrons. The van der Waals surface area contributed by atoms with Crippen LogP contribution in [-0.4, -0.2) is 9.55 Å². The van der Waals surface area contributed by atoms with Gasteiger partial charge in [0.25, 0.3) is 5.56 Å². The lowest BCUT2D eigenvalue weighted by Crippen LogP contribution is -2.34. The van der Waals surface area contributed by atoms with Crippen LogP contribution in [0.15, 0.2) is 14.5 Å². The number of nitriles is 1. The maximum Gasteiger partial charge on any atom is 0.329 e. The van der Waals surface area contributed by atoms with Crippen molar-refractivity contribution < 1.29 is 0 Å². The SMILES string of the molecule is Cn1c(=O)[nH]c(N)c(SC#N)c1=O. The number of thiocyanates is 1. The highest BCUT2D eigenvalue weighted by atomic mass is 32.2. The molecule has 6 nitrogen and oxygen atoms in total. The van der Waals surface area contributed by atoms with Crippen LogP contribution in [0.5, 0.6) is 0 Å². The van der Waals surface area contributed by atoms with Gasteiger partial charge in [-0.05, 0) is 11.8 Å². The van der Waals surface area contributed by atoms with Gasteiger partial charge in [0, 0.05) is 7.05 Å². The zero-order valence-corrected chi connectivity index (χ0v) is 7.51. The Morgan fingerprint density at radius 1 is 1.62 bits per heavy atom. The third-order valence-electron chi connectivity index (χ3n) is 1.44. The van der Waals surface area contributed by atoms with Gasteiger partial charge in [-0.15, -0.1) is 0 Å². The molecule has 1 aromatic rings. The third-order valence-corrected chi connectivity index (χ3v) is 2.13. The Morgan fingerprint density at radius 2 is 2.23 bits per heavy atom. The summed E-state index contributed by atoms with van der Waals surface area (Å²) in [5.74, 6) is -0.0698. The van der Waals surface area contributed by atoms with Crippen molar-refractivity contribution in [2.75, 3.05) is 5.73 Å². The Balaban J connectivity index is 3.56. The molecule has 0 atom stereocenters. The summed E-state index contributed by atoms with van der Waals surface area (Å²) < 4.78 is 0.857. The van der Waals surface area contributed by atoms with Gasteiger partial charge in [0.15, 0.2) is 0 Å². The van der Waals surface area contributed by atoms with E-state index in [0.717, 1.165) is 4.57 Å². The molecule has 3 N–H and O–H groups in total. The van der Waals surface area contributed by atoms with E-state index in [1.807, 2.05) is 0 Å². The summed E-state index contributed by atoms with van der Waals surface area (Å²) in [5.41, 5.74) is 4.18. The molecular weight excluding hydrogens is 192 g/mol. The topological polar surface area (TPSA) is 105 Å². The molecule has 13 heavy (non-hydrogen) atoms. The quantitative estimate of drug-likeness (QED) is 0.455. The van der Waals surface area contributed by atoms with Gasteiger partial charge in [-0.25, -0.2) is 4.79 Å². The molecule has 0 aliphatic heterocycles. The van der Waals surface area contributed by atoms with E-state index in [0.29, 0.717) is 11.8 Å². The highest BCUT2D eigenvalue weighted by Crippen LogP contribution is 2.15. The number of nitrogens with two attached hydrogens (primary N) is 1. The van der Waals surface area contributed by atoms with E-state index in [-0.39, 0.29) is 10.7 Å². The van der Waals surface area contributed by atoms with Gasteiger partial charge in [-0.2, -0.15) is 5.26 Å². The highest BCUT2D eigenvalue weighted by Gasteiger charge is 2.09. The first-order valence-electron chi connectivity index (χ1n) is 3.22. The molecule has 1 aromatic heterocycles. The number of nitrogens with one attached hydrogen (secondary N) is 1.